The summed E-state index contributed by atoms with van der Waals surface area (Å²) in [6, 6.07) is 6.55. The molecule has 0 spiro atoms. The van der Waals surface area contributed by atoms with Gasteiger partial charge < -0.3 is 14.8 Å². The van der Waals surface area contributed by atoms with Gasteiger partial charge in [0, 0.05) is 0 Å². The minimum Gasteiger partial charge on any atom is -0.495 e. The van der Waals surface area contributed by atoms with Gasteiger partial charge in [0.15, 0.2) is 5.13 Å². The van der Waals surface area contributed by atoms with Gasteiger partial charge in [-0.05, 0) is 19.1 Å². The number of amides is 2. The van der Waals surface area contributed by atoms with Gasteiger partial charge in [-0.3, -0.25) is 5.32 Å². The predicted molar refractivity (Wildman–Crippen MR) is 83.8 cm³/mol. The Kier molecular flexibility index (Phi) is 4.95. The van der Waals surface area contributed by atoms with Crippen LogP contribution in [0.1, 0.15) is 15.4 Å². The molecule has 2 aromatic rings. The van der Waals surface area contributed by atoms with E-state index < -0.39 is 12.0 Å². The molecule has 0 aliphatic heterocycles. The molecule has 116 valence electrons. The molecule has 0 radical (unpaired) electrons. The Morgan fingerprint density at radius 3 is 2.59 bits per heavy atom. The zero-order valence-electron chi connectivity index (χ0n) is 12.3. The lowest BCUT2D eigenvalue weighted by Crippen LogP contribution is -2.19. The number of nitrogens with one attached hydrogen (secondary N) is 2. The van der Waals surface area contributed by atoms with E-state index in [1.807, 2.05) is 0 Å². The van der Waals surface area contributed by atoms with Crippen molar-refractivity contribution in [3.8, 4) is 5.75 Å². The van der Waals surface area contributed by atoms with Crippen molar-refractivity contribution in [2.75, 3.05) is 24.9 Å². The Hall–Kier alpha value is -2.61. The fourth-order valence-electron chi connectivity index (χ4n) is 1.73. The van der Waals surface area contributed by atoms with Crippen molar-refractivity contribution in [1.82, 2.24) is 4.98 Å². The number of ether oxygens (including phenoxy) is 2. The quantitative estimate of drug-likeness (QED) is 0.845. The molecule has 0 saturated heterocycles. The molecule has 0 bridgehead atoms. The maximum absolute atomic E-state index is 12.0. The van der Waals surface area contributed by atoms with E-state index >= 15 is 0 Å². The number of hydrogen-bond acceptors (Lipinski definition) is 6. The van der Waals surface area contributed by atoms with Crippen LogP contribution in [0.5, 0.6) is 5.75 Å². The van der Waals surface area contributed by atoms with Gasteiger partial charge in [-0.2, -0.15) is 0 Å². The monoisotopic (exact) mass is 321 g/mol. The molecule has 2 N–H and O–H groups in total. The molecule has 0 aliphatic rings. The maximum Gasteiger partial charge on any atom is 0.350 e. The Morgan fingerprint density at radius 1 is 1.18 bits per heavy atom. The third-order valence-electron chi connectivity index (χ3n) is 2.74. The minimum absolute atomic E-state index is 0.310. The Balaban J connectivity index is 2.08. The Morgan fingerprint density at radius 2 is 1.91 bits per heavy atom. The third-order valence-corrected chi connectivity index (χ3v) is 3.80. The van der Waals surface area contributed by atoms with Gasteiger partial charge in [-0.15, -0.1) is 0 Å². The molecule has 7 nitrogen and oxygen atoms in total. The molecule has 1 heterocycles. The molecule has 0 atom stereocenters. The van der Waals surface area contributed by atoms with Crippen LogP contribution in [0, 0.1) is 6.92 Å². The van der Waals surface area contributed by atoms with E-state index in [4.69, 9.17) is 4.74 Å². The highest BCUT2D eigenvalue weighted by atomic mass is 32.1. The SMILES string of the molecule is COC(=O)c1sc(NC(=O)Nc2ccccc2OC)nc1C. The predicted octanol–water partition coefficient (Wildman–Crippen LogP) is 2.89. The number of carbonyl (C=O) groups excluding carboxylic acids is 2. The van der Waals surface area contributed by atoms with Gasteiger partial charge in [0.25, 0.3) is 0 Å². The molecular formula is C14H15N3O4S. The Labute approximate surface area is 131 Å². The van der Waals surface area contributed by atoms with Crippen LogP contribution < -0.4 is 15.4 Å². The van der Waals surface area contributed by atoms with E-state index in [1.54, 1.807) is 31.2 Å². The van der Waals surface area contributed by atoms with E-state index in [1.165, 1.54) is 14.2 Å². The summed E-state index contributed by atoms with van der Waals surface area (Å²) in [5.41, 5.74) is 1.04. The fraction of sp³-hybridized carbons (Fsp3) is 0.214. The summed E-state index contributed by atoms with van der Waals surface area (Å²) in [5.74, 6) is 0.0661. The lowest BCUT2D eigenvalue weighted by molar-refractivity contribution is 0.0605. The minimum atomic E-state index is -0.479. The van der Waals surface area contributed by atoms with Crippen LogP contribution in [0.25, 0.3) is 0 Å². The maximum atomic E-state index is 12.0. The normalized spacial score (nSPS) is 9.95. The van der Waals surface area contributed by atoms with Gasteiger partial charge in [0.1, 0.15) is 10.6 Å². The topological polar surface area (TPSA) is 89.5 Å². The van der Waals surface area contributed by atoms with Gasteiger partial charge in [0.2, 0.25) is 0 Å². The van der Waals surface area contributed by atoms with Crippen LogP contribution >= 0.6 is 11.3 Å². The second-order valence-corrected chi connectivity index (χ2v) is 5.20. The highest BCUT2D eigenvalue weighted by molar-refractivity contribution is 7.17. The summed E-state index contributed by atoms with van der Waals surface area (Å²) in [4.78, 5) is 28.0. The lowest BCUT2D eigenvalue weighted by Gasteiger charge is -2.09. The van der Waals surface area contributed by atoms with Gasteiger partial charge in [0.05, 0.1) is 25.6 Å². The van der Waals surface area contributed by atoms with Crippen molar-refractivity contribution in [3.05, 3.63) is 34.8 Å². The highest BCUT2D eigenvalue weighted by Crippen LogP contribution is 2.25. The zero-order valence-corrected chi connectivity index (χ0v) is 13.1. The average molecular weight is 321 g/mol. The van der Waals surface area contributed by atoms with Crippen LogP contribution in [-0.4, -0.2) is 31.2 Å². The molecule has 0 saturated carbocycles. The summed E-state index contributed by atoms with van der Waals surface area (Å²) < 4.78 is 9.80. The molecule has 8 heteroatoms. The first kappa shape index (κ1) is 15.8. The molecule has 2 amide bonds. The number of urea groups is 1. The molecule has 0 unspecified atom stereocenters. The van der Waals surface area contributed by atoms with Crippen molar-refractivity contribution in [2.24, 2.45) is 0 Å². The molecule has 2 rings (SSSR count). The van der Waals surface area contributed by atoms with Crippen molar-refractivity contribution in [1.29, 1.82) is 0 Å². The lowest BCUT2D eigenvalue weighted by atomic mass is 10.3. The third kappa shape index (κ3) is 3.53. The van der Waals surface area contributed by atoms with Crippen LogP contribution in [0.3, 0.4) is 0 Å². The molecule has 0 aliphatic carbocycles. The number of anilines is 2. The largest absolute Gasteiger partial charge is 0.495 e. The number of benzene rings is 1. The summed E-state index contributed by atoms with van der Waals surface area (Å²) in [7, 11) is 2.81. The molecule has 1 aromatic carbocycles. The van der Waals surface area contributed by atoms with Crippen LogP contribution in [0.2, 0.25) is 0 Å². The number of carbonyl (C=O) groups is 2. The number of aryl methyl sites for hydroxylation is 1. The number of aromatic nitrogens is 1. The van der Waals surface area contributed by atoms with Crippen LogP contribution in [-0.2, 0) is 4.74 Å². The number of hydrogen-bond donors (Lipinski definition) is 2. The Bertz CT molecular complexity index is 699. The van der Waals surface area contributed by atoms with Gasteiger partial charge in [-0.25, -0.2) is 14.6 Å². The van der Waals surface area contributed by atoms with E-state index in [2.05, 4.69) is 20.4 Å². The van der Waals surface area contributed by atoms with Crippen LogP contribution in [0.4, 0.5) is 15.6 Å². The van der Waals surface area contributed by atoms with E-state index in [9.17, 15) is 9.59 Å². The molecule has 1 aromatic heterocycles. The molecule has 0 fully saturated rings. The molecular weight excluding hydrogens is 306 g/mol. The first-order valence-electron chi connectivity index (χ1n) is 6.32. The second kappa shape index (κ2) is 6.90. The summed E-state index contributed by atoms with van der Waals surface area (Å²) in [5, 5.41) is 5.54. The molecule has 22 heavy (non-hydrogen) atoms. The number of rotatable bonds is 4. The smallest absolute Gasteiger partial charge is 0.350 e. The second-order valence-electron chi connectivity index (χ2n) is 4.20. The first-order chi connectivity index (χ1) is 10.5. The fourth-order valence-corrected chi connectivity index (χ4v) is 2.61. The number of thiazole rings is 1. The van der Waals surface area contributed by atoms with E-state index in [0.717, 1.165) is 11.3 Å². The van der Waals surface area contributed by atoms with Crippen molar-refractivity contribution in [3.63, 3.8) is 0 Å². The number of methoxy groups -OCH3 is 2. The standard InChI is InChI=1S/C14H15N3O4S/c1-8-11(12(18)21-3)22-14(15-8)17-13(19)16-9-6-4-5-7-10(9)20-2/h4-7H,1-3H3,(H2,15,16,17,19). The summed E-state index contributed by atoms with van der Waals surface area (Å²) in [6.07, 6.45) is 0. The van der Waals surface area contributed by atoms with Gasteiger partial charge >= 0.3 is 12.0 Å². The summed E-state index contributed by atoms with van der Waals surface area (Å²) in [6.45, 7) is 1.67. The average Bonchev–Trinajstić information content (AvgIpc) is 2.87. The van der Waals surface area contributed by atoms with Crippen molar-refractivity contribution >= 4 is 34.2 Å². The van der Waals surface area contributed by atoms with Crippen molar-refractivity contribution < 1.29 is 19.1 Å². The van der Waals surface area contributed by atoms with E-state index in [0.29, 0.717) is 27.1 Å². The number of para-hydroxylation sites is 2. The highest BCUT2D eigenvalue weighted by Gasteiger charge is 2.17. The van der Waals surface area contributed by atoms with Gasteiger partial charge in [-0.1, -0.05) is 23.5 Å². The van der Waals surface area contributed by atoms with Crippen molar-refractivity contribution in [2.45, 2.75) is 6.92 Å². The summed E-state index contributed by atoms with van der Waals surface area (Å²) >= 11 is 1.05. The van der Waals surface area contributed by atoms with Crippen LogP contribution in [0.15, 0.2) is 24.3 Å². The zero-order chi connectivity index (χ0) is 16.1. The number of nitrogens with zero attached hydrogens (tertiary/aromatic N) is 1. The van der Waals surface area contributed by atoms with E-state index in [-0.39, 0.29) is 0 Å². The first-order valence-corrected chi connectivity index (χ1v) is 7.13. The number of esters is 1.